The number of fused-ring (bicyclic) bond motifs is 1. The lowest BCUT2D eigenvalue weighted by Gasteiger charge is -2.34. The maximum absolute atomic E-state index is 12.6. The first-order valence-corrected chi connectivity index (χ1v) is 8.52. The van der Waals surface area contributed by atoms with Gasteiger partial charge in [-0.3, -0.25) is 4.79 Å². The van der Waals surface area contributed by atoms with Crippen molar-refractivity contribution >= 4 is 22.4 Å². The molecule has 6 heteroatoms. The van der Waals surface area contributed by atoms with E-state index in [0.717, 1.165) is 18.0 Å². The molecule has 2 heterocycles. The molecule has 0 spiro atoms. The number of nitrogens with two attached hydrogens (primary N) is 1. The van der Waals surface area contributed by atoms with Crippen LogP contribution in [0.2, 0.25) is 0 Å². The summed E-state index contributed by atoms with van der Waals surface area (Å²) in [7, 11) is 0. The van der Waals surface area contributed by atoms with Gasteiger partial charge in [0.1, 0.15) is 0 Å². The van der Waals surface area contributed by atoms with Gasteiger partial charge in [-0.15, -0.1) is 11.3 Å². The number of rotatable bonds is 3. The zero-order valence-electron chi connectivity index (χ0n) is 12.5. The van der Waals surface area contributed by atoms with Gasteiger partial charge in [-0.25, -0.2) is 4.98 Å². The quantitative estimate of drug-likeness (QED) is 0.895. The minimum atomic E-state index is -0.488. The number of ether oxygens (including phenoxy) is 1. The summed E-state index contributed by atoms with van der Waals surface area (Å²) in [6, 6.07) is 0. The van der Waals surface area contributed by atoms with Crippen LogP contribution in [-0.4, -0.2) is 30.6 Å². The fraction of sp³-hybridized carbons (Fsp3) is 0.733. The molecular formula is C15H23N3O2S. The van der Waals surface area contributed by atoms with E-state index in [2.05, 4.69) is 17.2 Å². The van der Waals surface area contributed by atoms with Crippen molar-refractivity contribution in [3.8, 4) is 0 Å². The van der Waals surface area contributed by atoms with Crippen LogP contribution in [0.1, 0.15) is 36.8 Å². The minimum Gasteiger partial charge on any atom is -0.381 e. The third-order valence-electron chi connectivity index (χ3n) is 4.73. The SMILES string of the molecule is CC1CCc2nc(NC(=O)C3(CN)CCOCC3)sc2C1. The summed E-state index contributed by atoms with van der Waals surface area (Å²) in [6.45, 7) is 3.85. The van der Waals surface area contributed by atoms with Crippen LogP contribution in [-0.2, 0) is 22.4 Å². The van der Waals surface area contributed by atoms with Crippen LogP contribution >= 0.6 is 11.3 Å². The van der Waals surface area contributed by atoms with E-state index in [1.807, 2.05) is 0 Å². The molecule has 1 aromatic heterocycles. The highest BCUT2D eigenvalue weighted by molar-refractivity contribution is 7.15. The third-order valence-corrected chi connectivity index (χ3v) is 5.76. The zero-order valence-corrected chi connectivity index (χ0v) is 13.3. The first-order valence-electron chi connectivity index (χ1n) is 7.71. The molecule has 1 unspecified atom stereocenters. The van der Waals surface area contributed by atoms with E-state index in [-0.39, 0.29) is 5.91 Å². The summed E-state index contributed by atoms with van der Waals surface area (Å²) >= 11 is 1.63. The number of anilines is 1. The van der Waals surface area contributed by atoms with Gasteiger partial charge in [0.2, 0.25) is 5.91 Å². The van der Waals surface area contributed by atoms with Crippen molar-refractivity contribution in [2.45, 2.75) is 39.0 Å². The molecule has 1 aliphatic heterocycles. The molecular weight excluding hydrogens is 286 g/mol. The third kappa shape index (κ3) is 2.98. The Labute approximate surface area is 129 Å². The molecule has 3 N–H and O–H groups in total. The van der Waals surface area contributed by atoms with E-state index in [0.29, 0.717) is 38.5 Å². The van der Waals surface area contributed by atoms with E-state index in [4.69, 9.17) is 10.5 Å². The lowest BCUT2D eigenvalue weighted by Crippen LogP contribution is -2.46. The Bertz CT molecular complexity index is 523. The fourth-order valence-electron chi connectivity index (χ4n) is 3.11. The van der Waals surface area contributed by atoms with Crippen molar-refractivity contribution in [1.29, 1.82) is 0 Å². The first-order chi connectivity index (χ1) is 10.1. The molecule has 1 aromatic rings. The molecule has 3 rings (SSSR count). The van der Waals surface area contributed by atoms with Crippen molar-refractivity contribution < 1.29 is 9.53 Å². The summed E-state index contributed by atoms with van der Waals surface area (Å²) in [4.78, 5) is 18.5. The van der Waals surface area contributed by atoms with Gasteiger partial charge < -0.3 is 15.8 Å². The molecule has 0 radical (unpaired) electrons. The summed E-state index contributed by atoms with van der Waals surface area (Å²) in [6.07, 6.45) is 4.68. The maximum Gasteiger partial charge on any atom is 0.233 e. The first kappa shape index (κ1) is 14.9. The molecule has 1 aliphatic carbocycles. The summed E-state index contributed by atoms with van der Waals surface area (Å²) < 4.78 is 5.36. The number of thiazole rings is 1. The number of nitrogens with zero attached hydrogens (tertiary/aromatic N) is 1. The molecule has 116 valence electrons. The van der Waals surface area contributed by atoms with E-state index < -0.39 is 5.41 Å². The molecule has 2 aliphatic rings. The lowest BCUT2D eigenvalue weighted by atomic mass is 9.79. The molecule has 1 amide bonds. The summed E-state index contributed by atoms with van der Waals surface area (Å²) in [5.74, 6) is 0.722. The number of aromatic nitrogens is 1. The molecule has 1 atom stereocenters. The predicted octanol–water partition coefficient (Wildman–Crippen LogP) is 1.96. The standard InChI is InChI=1S/C15H23N3O2S/c1-10-2-3-11-12(8-10)21-14(17-11)18-13(19)15(9-16)4-6-20-7-5-15/h10H,2-9,16H2,1H3,(H,17,18,19). The summed E-state index contributed by atoms with van der Waals surface area (Å²) in [5, 5.41) is 3.74. The van der Waals surface area contributed by atoms with E-state index in [1.165, 1.54) is 17.0 Å². The van der Waals surface area contributed by atoms with Crippen LogP contribution < -0.4 is 11.1 Å². The Morgan fingerprint density at radius 3 is 3.00 bits per heavy atom. The molecule has 21 heavy (non-hydrogen) atoms. The molecule has 0 aromatic carbocycles. The van der Waals surface area contributed by atoms with Gasteiger partial charge in [-0.05, 0) is 38.0 Å². The van der Waals surface area contributed by atoms with Gasteiger partial charge >= 0.3 is 0 Å². The Balaban J connectivity index is 1.72. The van der Waals surface area contributed by atoms with Crippen LogP contribution in [0.5, 0.6) is 0 Å². The second-order valence-corrected chi connectivity index (χ2v) is 7.37. The molecule has 0 saturated carbocycles. The normalized spacial score (nSPS) is 24.4. The van der Waals surface area contributed by atoms with Crippen molar-refractivity contribution in [3.05, 3.63) is 10.6 Å². The topological polar surface area (TPSA) is 77.2 Å². The van der Waals surface area contributed by atoms with Gasteiger partial charge in [-0.1, -0.05) is 6.92 Å². The average molecular weight is 309 g/mol. The largest absolute Gasteiger partial charge is 0.381 e. The highest BCUT2D eigenvalue weighted by Gasteiger charge is 2.39. The van der Waals surface area contributed by atoms with Crippen LogP contribution in [0, 0.1) is 11.3 Å². The number of hydrogen-bond acceptors (Lipinski definition) is 5. The van der Waals surface area contributed by atoms with Crippen LogP contribution in [0.15, 0.2) is 0 Å². The number of amides is 1. The van der Waals surface area contributed by atoms with Crippen LogP contribution in [0.25, 0.3) is 0 Å². The van der Waals surface area contributed by atoms with Gasteiger partial charge in [0.05, 0.1) is 11.1 Å². The van der Waals surface area contributed by atoms with Gasteiger partial charge in [0.15, 0.2) is 5.13 Å². The van der Waals surface area contributed by atoms with E-state index >= 15 is 0 Å². The van der Waals surface area contributed by atoms with E-state index in [1.54, 1.807) is 11.3 Å². The van der Waals surface area contributed by atoms with Gasteiger partial charge in [0.25, 0.3) is 0 Å². The molecule has 1 saturated heterocycles. The zero-order chi connectivity index (χ0) is 14.9. The molecule has 1 fully saturated rings. The minimum absolute atomic E-state index is 0.00689. The fourth-order valence-corrected chi connectivity index (χ4v) is 4.28. The Hall–Kier alpha value is -0.980. The maximum atomic E-state index is 12.6. The van der Waals surface area contributed by atoms with Crippen molar-refractivity contribution in [1.82, 2.24) is 4.98 Å². The van der Waals surface area contributed by atoms with Gasteiger partial charge in [-0.2, -0.15) is 0 Å². The number of aryl methyl sites for hydroxylation is 1. The number of nitrogens with one attached hydrogen (secondary N) is 1. The van der Waals surface area contributed by atoms with Crippen molar-refractivity contribution in [2.75, 3.05) is 25.1 Å². The van der Waals surface area contributed by atoms with E-state index in [9.17, 15) is 4.79 Å². The van der Waals surface area contributed by atoms with Crippen molar-refractivity contribution in [2.24, 2.45) is 17.1 Å². The van der Waals surface area contributed by atoms with Gasteiger partial charge in [0, 0.05) is 24.6 Å². The molecule has 5 nitrogen and oxygen atoms in total. The average Bonchev–Trinajstić information content (AvgIpc) is 2.89. The number of carbonyl (C=O) groups excluding carboxylic acids is 1. The highest BCUT2D eigenvalue weighted by atomic mass is 32.1. The van der Waals surface area contributed by atoms with Crippen LogP contribution in [0.3, 0.4) is 0 Å². The number of carbonyl (C=O) groups is 1. The van der Waals surface area contributed by atoms with Crippen molar-refractivity contribution in [3.63, 3.8) is 0 Å². The Morgan fingerprint density at radius 1 is 1.52 bits per heavy atom. The monoisotopic (exact) mass is 309 g/mol. The highest BCUT2D eigenvalue weighted by Crippen LogP contribution is 2.35. The second kappa shape index (κ2) is 6.02. The number of hydrogen-bond donors (Lipinski definition) is 2. The second-order valence-electron chi connectivity index (χ2n) is 6.29. The Kier molecular flexibility index (Phi) is 4.28. The van der Waals surface area contributed by atoms with Crippen LogP contribution in [0.4, 0.5) is 5.13 Å². The smallest absolute Gasteiger partial charge is 0.233 e. The summed E-state index contributed by atoms with van der Waals surface area (Å²) in [5.41, 5.74) is 6.56. The Morgan fingerprint density at radius 2 is 2.29 bits per heavy atom. The molecule has 0 bridgehead atoms. The lowest BCUT2D eigenvalue weighted by molar-refractivity contribution is -0.130. The predicted molar refractivity (Wildman–Crippen MR) is 83.5 cm³/mol.